The summed E-state index contributed by atoms with van der Waals surface area (Å²) in [4.78, 5) is 2.93. The van der Waals surface area contributed by atoms with Gasteiger partial charge in [-0.3, -0.25) is 0 Å². The van der Waals surface area contributed by atoms with Crippen molar-refractivity contribution in [2.75, 3.05) is 0 Å². The number of nitrogens with zero attached hydrogens (tertiary/aromatic N) is 6. The largest absolute Gasteiger partial charge is 0.505 e. The lowest BCUT2D eigenvalue weighted by Crippen LogP contribution is -1.99. The molecule has 0 aliphatic carbocycles. The molecule has 42 heavy (non-hydrogen) atoms. The molecule has 0 atom stereocenters. The van der Waals surface area contributed by atoms with E-state index in [0.29, 0.717) is 11.4 Å². The van der Waals surface area contributed by atoms with E-state index >= 15 is 0 Å². The van der Waals surface area contributed by atoms with Crippen molar-refractivity contribution in [2.45, 2.75) is 69.2 Å². The van der Waals surface area contributed by atoms with E-state index in [4.69, 9.17) is 0 Å². The number of rotatable bonds is 2. The summed E-state index contributed by atoms with van der Waals surface area (Å²) in [5.41, 5.74) is 6.07. The molecule has 0 aliphatic rings. The van der Waals surface area contributed by atoms with Gasteiger partial charge in [0.2, 0.25) is 0 Å². The van der Waals surface area contributed by atoms with E-state index in [0.717, 1.165) is 33.2 Å². The smallest absolute Gasteiger partial charge is 0.145 e. The fraction of sp³-hybridized carbons (Fsp3) is 0.294. The molecule has 2 heterocycles. The number of para-hydroxylation sites is 2. The summed E-state index contributed by atoms with van der Waals surface area (Å²) in [7, 11) is 0. The van der Waals surface area contributed by atoms with E-state index in [2.05, 4.69) is 20.4 Å². The summed E-state index contributed by atoms with van der Waals surface area (Å²) in [6.07, 6.45) is 0. The fourth-order valence-electron chi connectivity index (χ4n) is 3.54. The van der Waals surface area contributed by atoms with Crippen LogP contribution in [0, 0.1) is 13.8 Å². The second-order valence-corrected chi connectivity index (χ2v) is 7.84. The summed E-state index contributed by atoms with van der Waals surface area (Å²) >= 11 is 0. The Kier molecular flexibility index (Phi) is 15.6. The molecule has 4 aromatic carbocycles. The van der Waals surface area contributed by atoms with Crippen molar-refractivity contribution in [3.05, 3.63) is 96.1 Å². The van der Waals surface area contributed by atoms with E-state index < -0.39 is 0 Å². The van der Waals surface area contributed by atoms with Crippen molar-refractivity contribution in [3.8, 4) is 22.9 Å². The highest BCUT2D eigenvalue weighted by atomic mass is 16.3. The highest BCUT2D eigenvalue weighted by Crippen LogP contribution is 2.26. The van der Waals surface area contributed by atoms with Crippen LogP contribution >= 0.6 is 0 Å². The predicted molar refractivity (Wildman–Crippen MR) is 176 cm³/mol. The normalized spacial score (nSPS) is 9.38. The van der Waals surface area contributed by atoms with Gasteiger partial charge in [0.1, 0.15) is 44.9 Å². The number of aryl methyl sites for hydroxylation is 2. The first-order chi connectivity index (χ1) is 20.5. The Morgan fingerprint density at radius 3 is 0.929 bits per heavy atom. The Balaban J connectivity index is 0.000000340. The Morgan fingerprint density at radius 1 is 0.405 bits per heavy atom. The number of hydrogen-bond donors (Lipinski definition) is 2. The van der Waals surface area contributed by atoms with Gasteiger partial charge in [0.25, 0.3) is 0 Å². The highest BCUT2D eigenvalue weighted by molar-refractivity contribution is 5.74. The lowest BCUT2D eigenvalue weighted by atomic mass is 10.2. The fourth-order valence-corrected chi connectivity index (χ4v) is 3.54. The molecule has 0 unspecified atom stereocenters. The average molecular weight is 571 g/mol. The molecule has 0 radical (unpaired) electrons. The van der Waals surface area contributed by atoms with Gasteiger partial charge in [0.15, 0.2) is 0 Å². The van der Waals surface area contributed by atoms with Crippen molar-refractivity contribution in [3.63, 3.8) is 0 Å². The van der Waals surface area contributed by atoms with E-state index in [1.807, 2.05) is 142 Å². The average Bonchev–Trinajstić information content (AvgIpc) is 3.69. The van der Waals surface area contributed by atoms with Gasteiger partial charge < -0.3 is 10.2 Å². The van der Waals surface area contributed by atoms with Crippen molar-refractivity contribution in [1.29, 1.82) is 0 Å². The third kappa shape index (κ3) is 8.64. The number of phenolic OH excluding ortho intramolecular Hbond substituents is 2. The van der Waals surface area contributed by atoms with Gasteiger partial charge in [0, 0.05) is 0 Å². The first kappa shape index (κ1) is 35.3. The monoisotopic (exact) mass is 570 g/mol. The van der Waals surface area contributed by atoms with E-state index in [9.17, 15) is 10.2 Å². The summed E-state index contributed by atoms with van der Waals surface area (Å²) in [5.74, 6) is 0.431. The second kappa shape index (κ2) is 18.6. The lowest BCUT2D eigenvalue weighted by Gasteiger charge is -2.04. The summed E-state index contributed by atoms with van der Waals surface area (Å²) in [5, 5.41) is 37.3. The zero-order valence-corrected chi connectivity index (χ0v) is 26.7. The molecule has 6 aromatic rings. The molecule has 2 N–H and O–H groups in total. The van der Waals surface area contributed by atoms with Crippen LogP contribution in [0.4, 0.5) is 0 Å². The maximum absolute atomic E-state index is 9.98. The summed E-state index contributed by atoms with van der Waals surface area (Å²) in [6.45, 7) is 19.7. The van der Waals surface area contributed by atoms with Crippen LogP contribution in [0.5, 0.6) is 11.5 Å². The molecule has 0 aliphatic heterocycles. The highest BCUT2D eigenvalue weighted by Gasteiger charge is 2.10. The van der Waals surface area contributed by atoms with Crippen LogP contribution in [0.2, 0.25) is 0 Å². The maximum atomic E-state index is 9.98. The molecule has 8 heteroatoms. The minimum Gasteiger partial charge on any atom is -0.505 e. The van der Waals surface area contributed by atoms with Gasteiger partial charge in [-0.1, -0.05) is 104 Å². The van der Waals surface area contributed by atoms with E-state index in [-0.39, 0.29) is 11.5 Å². The maximum Gasteiger partial charge on any atom is 0.145 e. The van der Waals surface area contributed by atoms with Gasteiger partial charge in [-0.15, -0.1) is 30.0 Å². The summed E-state index contributed by atoms with van der Waals surface area (Å²) in [6, 6.07) is 26.3. The minimum absolute atomic E-state index is 0.216. The number of phenols is 2. The van der Waals surface area contributed by atoms with Crippen molar-refractivity contribution in [2.24, 2.45) is 0 Å². The van der Waals surface area contributed by atoms with Crippen LogP contribution in [-0.2, 0) is 0 Å². The predicted octanol–water partition coefficient (Wildman–Crippen LogP) is 8.97. The molecule has 0 saturated heterocycles. The molecule has 2 aromatic heterocycles. The molecule has 0 fully saturated rings. The number of hydrogen-bond acceptors (Lipinski definition) is 6. The molecule has 8 nitrogen and oxygen atoms in total. The molecular formula is C34H46N6O2. The topological polar surface area (TPSA) is 102 Å². The minimum atomic E-state index is 0.216. The molecule has 0 spiro atoms. The third-order valence-corrected chi connectivity index (χ3v) is 5.44. The number of benzene rings is 4. The van der Waals surface area contributed by atoms with Gasteiger partial charge in [-0.25, -0.2) is 0 Å². The second-order valence-electron chi connectivity index (χ2n) is 7.84. The van der Waals surface area contributed by atoms with Crippen LogP contribution in [-0.4, -0.2) is 40.2 Å². The van der Waals surface area contributed by atoms with E-state index in [1.165, 1.54) is 9.59 Å². The van der Waals surface area contributed by atoms with Crippen LogP contribution in [0.1, 0.15) is 66.5 Å². The molecule has 0 amide bonds. The van der Waals surface area contributed by atoms with Crippen LogP contribution < -0.4 is 0 Å². The first-order valence-corrected chi connectivity index (χ1v) is 14.7. The molecule has 6 rings (SSSR count). The zero-order chi connectivity index (χ0) is 31.7. The number of aromatic hydroxyl groups is 2. The van der Waals surface area contributed by atoms with Crippen LogP contribution in [0.25, 0.3) is 33.4 Å². The van der Waals surface area contributed by atoms with Gasteiger partial charge in [-0.2, -0.15) is 0 Å². The standard InChI is InChI=1S/2C13H11N3O.4C2H6/c2*1-9-5-4-8-12(13(9)17)16-14-10-6-2-3-7-11(10)15-16;4*1-2/h2*2-8,17H,1H3;4*1-2H3. The SMILES string of the molecule is CC.CC.CC.CC.Cc1cccc(-n2nc3ccccc3n2)c1O.Cc1cccc(-n2nc3ccccc3n2)c1O. The van der Waals surface area contributed by atoms with Gasteiger partial charge in [0.05, 0.1) is 0 Å². The van der Waals surface area contributed by atoms with Crippen molar-refractivity contribution < 1.29 is 10.2 Å². The number of fused-ring (bicyclic) bond motifs is 2. The molecular weight excluding hydrogens is 524 g/mol. The Morgan fingerprint density at radius 2 is 0.667 bits per heavy atom. The molecule has 0 bridgehead atoms. The summed E-state index contributed by atoms with van der Waals surface area (Å²) < 4.78 is 0. The van der Waals surface area contributed by atoms with E-state index in [1.54, 1.807) is 12.1 Å². The van der Waals surface area contributed by atoms with Crippen LogP contribution in [0.3, 0.4) is 0 Å². The Hall–Kier alpha value is -4.72. The Labute approximate surface area is 250 Å². The van der Waals surface area contributed by atoms with Crippen LogP contribution in [0.15, 0.2) is 84.9 Å². The van der Waals surface area contributed by atoms with Gasteiger partial charge >= 0.3 is 0 Å². The van der Waals surface area contributed by atoms with Gasteiger partial charge in [-0.05, 0) is 61.4 Å². The number of aromatic nitrogens is 6. The zero-order valence-electron chi connectivity index (χ0n) is 26.7. The molecule has 0 saturated carbocycles. The molecule has 224 valence electrons. The quantitative estimate of drug-likeness (QED) is 0.215. The first-order valence-electron chi connectivity index (χ1n) is 14.7. The lowest BCUT2D eigenvalue weighted by molar-refractivity contribution is 0.463. The third-order valence-electron chi connectivity index (χ3n) is 5.44. The van der Waals surface area contributed by atoms with Crippen molar-refractivity contribution in [1.82, 2.24) is 30.0 Å². The Bertz CT molecular complexity index is 1430. The van der Waals surface area contributed by atoms with Crippen molar-refractivity contribution >= 4 is 22.1 Å².